The van der Waals surface area contributed by atoms with E-state index in [4.69, 9.17) is 0 Å². The first-order chi connectivity index (χ1) is 6.68. The van der Waals surface area contributed by atoms with Crippen molar-refractivity contribution in [1.29, 1.82) is 0 Å². The van der Waals surface area contributed by atoms with Gasteiger partial charge in [-0.05, 0) is 37.8 Å². The summed E-state index contributed by atoms with van der Waals surface area (Å²) >= 11 is 0. The smallest absolute Gasteiger partial charge is 0.251 e. The van der Waals surface area contributed by atoms with Gasteiger partial charge in [-0.2, -0.15) is 0 Å². The summed E-state index contributed by atoms with van der Waals surface area (Å²) in [6.45, 7) is 1.90. The molecule has 1 aliphatic carbocycles. The lowest BCUT2D eigenvalue weighted by Crippen LogP contribution is -2.28. The Kier molecular flexibility index (Phi) is 2.42. The average Bonchev–Trinajstić information content (AvgIpc) is 2.52. The lowest BCUT2D eigenvalue weighted by Gasteiger charge is -2.17. The predicted molar refractivity (Wildman–Crippen MR) is 54.3 cm³/mol. The number of aromatic nitrogens is 1. The fraction of sp³-hybridized carbons (Fsp3) is 0.545. The number of hydrogen-bond donors (Lipinski definition) is 1. The van der Waals surface area contributed by atoms with Crippen LogP contribution in [0.25, 0.3) is 0 Å². The van der Waals surface area contributed by atoms with Crippen molar-refractivity contribution in [2.24, 2.45) is 0 Å². The van der Waals surface area contributed by atoms with Crippen molar-refractivity contribution < 1.29 is 5.11 Å². The zero-order chi connectivity index (χ0) is 10.1. The molecule has 76 valence electrons. The highest BCUT2D eigenvalue weighted by Gasteiger charge is 2.26. The van der Waals surface area contributed by atoms with Gasteiger partial charge in [0.2, 0.25) is 0 Å². The van der Waals surface area contributed by atoms with Gasteiger partial charge < -0.3 is 9.67 Å². The Bertz CT molecular complexity index is 383. The van der Waals surface area contributed by atoms with Crippen LogP contribution in [0.15, 0.2) is 23.1 Å². The topological polar surface area (TPSA) is 42.2 Å². The number of rotatable bonds is 1. The first-order valence-electron chi connectivity index (χ1n) is 5.05. The van der Waals surface area contributed by atoms with E-state index in [2.05, 4.69) is 0 Å². The molecule has 2 rings (SSSR count). The van der Waals surface area contributed by atoms with Crippen LogP contribution in [0.1, 0.15) is 30.9 Å². The van der Waals surface area contributed by atoms with E-state index in [-0.39, 0.29) is 17.7 Å². The lowest BCUT2D eigenvalue weighted by atomic mass is 10.2. The summed E-state index contributed by atoms with van der Waals surface area (Å²) in [4.78, 5) is 11.6. The standard InChI is InChI=1S/C11H15NO2/c1-8-5-6-12(11(14)7-8)9-3-2-4-10(9)13/h5-7,9-10,13H,2-4H2,1H3/t9-,10-/m0/s1. The number of hydrogen-bond acceptors (Lipinski definition) is 2. The SMILES string of the molecule is Cc1ccn([C@H]2CCC[C@@H]2O)c(=O)c1. The van der Waals surface area contributed by atoms with Gasteiger partial charge in [0.05, 0.1) is 12.1 Å². The largest absolute Gasteiger partial charge is 0.391 e. The second-order valence-corrected chi connectivity index (χ2v) is 4.02. The van der Waals surface area contributed by atoms with E-state index in [9.17, 15) is 9.90 Å². The molecule has 0 unspecified atom stereocenters. The summed E-state index contributed by atoms with van der Waals surface area (Å²) in [5, 5.41) is 9.68. The Morgan fingerprint density at radius 3 is 2.86 bits per heavy atom. The van der Waals surface area contributed by atoms with Gasteiger partial charge in [0, 0.05) is 12.3 Å². The van der Waals surface area contributed by atoms with Crippen LogP contribution in [0.4, 0.5) is 0 Å². The molecule has 1 aliphatic rings. The molecule has 0 radical (unpaired) electrons. The second-order valence-electron chi connectivity index (χ2n) is 4.02. The normalized spacial score (nSPS) is 26.7. The number of aliphatic hydroxyl groups excluding tert-OH is 1. The second kappa shape index (κ2) is 3.58. The van der Waals surface area contributed by atoms with Crippen molar-refractivity contribution in [3.63, 3.8) is 0 Å². The molecule has 1 saturated carbocycles. The van der Waals surface area contributed by atoms with E-state index in [0.717, 1.165) is 24.8 Å². The molecule has 14 heavy (non-hydrogen) atoms. The van der Waals surface area contributed by atoms with Crippen molar-refractivity contribution >= 4 is 0 Å². The molecule has 0 bridgehead atoms. The minimum Gasteiger partial charge on any atom is -0.391 e. The Morgan fingerprint density at radius 1 is 1.50 bits per heavy atom. The number of aryl methyl sites for hydroxylation is 1. The molecule has 1 N–H and O–H groups in total. The number of nitrogens with zero attached hydrogens (tertiary/aromatic N) is 1. The van der Waals surface area contributed by atoms with Gasteiger partial charge in [-0.25, -0.2) is 0 Å². The molecule has 0 aliphatic heterocycles. The highest BCUT2D eigenvalue weighted by molar-refractivity contribution is 5.09. The molecule has 1 fully saturated rings. The van der Waals surface area contributed by atoms with Crippen molar-refractivity contribution in [3.05, 3.63) is 34.2 Å². The van der Waals surface area contributed by atoms with E-state index < -0.39 is 0 Å². The molecule has 0 amide bonds. The maximum atomic E-state index is 11.6. The Hall–Kier alpha value is -1.09. The minimum atomic E-state index is -0.351. The molecule has 0 aromatic carbocycles. The summed E-state index contributed by atoms with van der Waals surface area (Å²) in [7, 11) is 0. The number of pyridine rings is 1. The molecule has 1 heterocycles. The quantitative estimate of drug-likeness (QED) is 0.729. The molecular formula is C11H15NO2. The third kappa shape index (κ3) is 1.60. The Labute approximate surface area is 83.0 Å². The van der Waals surface area contributed by atoms with Crippen molar-refractivity contribution in [1.82, 2.24) is 4.57 Å². The molecule has 1 aromatic rings. The molecule has 0 spiro atoms. The van der Waals surface area contributed by atoms with E-state index in [0.29, 0.717) is 0 Å². The molecule has 2 atom stereocenters. The van der Waals surface area contributed by atoms with Gasteiger partial charge in [0.1, 0.15) is 0 Å². The van der Waals surface area contributed by atoms with Crippen LogP contribution in [0.2, 0.25) is 0 Å². The summed E-state index contributed by atoms with van der Waals surface area (Å²) in [5.74, 6) is 0. The van der Waals surface area contributed by atoms with Crippen LogP contribution >= 0.6 is 0 Å². The maximum Gasteiger partial charge on any atom is 0.251 e. The lowest BCUT2D eigenvalue weighted by molar-refractivity contribution is 0.134. The summed E-state index contributed by atoms with van der Waals surface area (Å²) in [6, 6.07) is 3.51. The fourth-order valence-corrected chi connectivity index (χ4v) is 2.11. The first kappa shape index (κ1) is 9.46. The minimum absolute atomic E-state index is 0.00375. The van der Waals surface area contributed by atoms with E-state index >= 15 is 0 Å². The predicted octanol–water partition coefficient (Wildman–Crippen LogP) is 1.24. The molecule has 0 saturated heterocycles. The summed E-state index contributed by atoms with van der Waals surface area (Å²) in [6.07, 6.45) is 4.16. The van der Waals surface area contributed by atoms with Crippen LogP contribution < -0.4 is 5.56 Å². The Balaban J connectivity index is 2.36. The third-order valence-corrected chi connectivity index (χ3v) is 2.90. The van der Waals surface area contributed by atoms with Crippen LogP contribution in [0, 0.1) is 6.92 Å². The van der Waals surface area contributed by atoms with Crippen molar-refractivity contribution in [2.45, 2.75) is 38.3 Å². The highest BCUT2D eigenvalue weighted by atomic mass is 16.3. The first-order valence-corrected chi connectivity index (χ1v) is 5.05. The zero-order valence-electron chi connectivity index (χ0n) is 8.31. The maximum absolute atomic E-state index is 11.6. The molecule has 3 nitrogen and oxygen atoms in total. The Morgan fingerprint density at radius 2 is 2.29 bits per heavy atom. The summed E-state index contributed by atoms with van der Waals surface area (Å²) < 4.78 is 1.66. The molecule has 3 heteroatoms. The van der Waals surface area contributed by atoms with E-state index in [1.54, 1.807) is 16.8 Å². The molecule has 1 aromatic heterocycles. The van der Waals surface area contributed by atoms with E-state index in [1.807, 2.05) is 13.0 Å². The van der Waals surface area contributed by atoms with Crippen molar-refractivity contribution in [2.75, 3.05) is 0 Å². The van der Waals surface area contributed by atoms with Gasteiger partial charge in [0.15, 0.2) is 0 Å². The number of aliphatic hydroxyl groups is 1. The average molecular weight is 193 g/mol. The highest BCUT2D eigenvalue weighted by Crippen LogP contribution is 2.28. The van der Waals surface area contributed by atoms with Gasteiger partial charge in [-0.15, -0.1) is 0 Å². The van der Waals surface area contributed by atoms with Crippen LogP contribution in [0.3, 0.4) is 0 Å². The van der Waals surface area contributed by atoms with Gasteiger partial charge in [0.25, 0.3) is 5.56 Å². The van der Waals surface area contributed by atoms with Crippen LogP contribution in [-0.2, 0) is 0 Å². The van der Waals surface area contributed by atoms with Crippen LogP contribution in [-0.4, -0.2) is 15.8 Å². The fourth-order valence-electron chi connectivity index (χ4n) is 2.11. The van der Waals surface area contributed by atoms with Crippen molar-refractivity contribution in [3.8, 4) is 0 Å². The monoisotopic (exact) mass is 193 g/mol. The summed E-state index contributed by atoms with van der Waals surface area (Å²) in [5.41, 5.74) is 0.967. The van der Waals surface area contributed by atoms with Crippen LogP contribution in [0.5, 0.6) is 0 Å². The third-order valence-electron chi connectivity index (χ3n) is 2.90. The zero-order valence-corrected chi connectivity index (χ0v) is 8.31. The van der Waals surface area contributed by atoms with Gasteiger partial charge >= 0.3 is 0 Å². The van der Waals surface area contributed by atoms with Gasteiger partial charge in [-0.3, -0.25) is 4.79 Å². The van der Waals surface area contributed by atoms with E-state index in [1.165, 1.54) is 0 Å². The van der Waals surface area contributed by atoms with Gasteiger partial charge in [-0.1, -0.05) is 0 Å². The molecular weight excluding hydrogens is 178 g/mol.